The molecule has 0 saturated carbocycles. The number of rotatable bonds is 5. The molecule has 0 aromatic heterocycles. The molecule has 0 bridgehead atoms. The smallest absolute Gasteiger partial charge is 0.270 e. The number of benzene rings is 2. The first-order chi connectivity index (χ1) is 12.9. The van der Waals surface area contributed by atoms with Gasteiger partial charge in [0.25, 0.3) is 11.8 Å². The molecule has 27 heavy (non-hydrogen) atoms. The summed E-state index contributed by atoms with van der Waals surface area (Å²) in [5, 5.41) is 2.83. The summed E-state index contributed by atoms with van der Waals surface area (Å²) in [6, 6.07) is 7.79. The second kappa shape index (κ2) is 6.42. The van der Waals surface area contributed by atoms with Gasteiger partial charge in [-0.1, -0.05) is 24.3 Å². The van der Waals surface area contributed by atoms with E-state index in [4.69, 9.17) is 9.47 Å². The van der Waals surface area contributed by atoms with Crippen LogP contribution >= 0.6 is 0 Å². The van der Waals surface area contributed by atoms with Gasteiger partial charge in [-0.3, -0.25) is 9.79 Å². The highest BCUT2D eigenvalue weighted by Gasteiger charge is 2.33. The second-order valence-electron chi connectivity index (χ2n) is 6.66. The molecule has 2 heterocycles. The molecule has 5 nitrogen and oxygen atoms in total. The summed E-state index contributed by atoms with van der Waals surface area (Å²) in [4.78, 5) is 16.2. The zero-order chi connectivity index (χ0) is 19.2. The van der Waals surface area contributed by atoms with Crippen molar-refractivity contribution >= 4 is 24.0 Å². The van der Waals surface area contributed by atoms with Gasteiger partial charge in [0.1, 0.15) is 5.75 Å². The summed E-state index contributed by atoms with van der Waals surface area (Å²) in [7, 11) is 0. The maximum atomic E-state index is 13.5. The van der Waals surface area contributed by atoms with Gasteiger partial charge >= 0.3 is 0 Å². The highest BCUT2D eigenvalue weighted by Crippen LogP contribution is 2.46. The van der Waals surface area contributed by atoms with Crippen molar-refractivity contribution in [3.63, 3.8) is 0 Å². The molecule has 1 amide bonds. The highest BCUT2D eigenvalue weighted by molar-refractivity contribution is 6.00. The minimum absolute atomic E-state index is 0.0624. The van der Waals surface area contributed by atoms with Crippen LogP contribution in [0.5, 0.6) is 5.75 Å². The number of fused-ring (bicyclic) bond motifs is 1. The zero-order valence-electron chi connectivity index (χ0n) is 14.7. The van der Waals surface area contributed by atoms with Gasteiger partial charge in [-0.15, -0.1) is 0 Å². The number of carbonyl (C=O) groups is 1. The Balaban J connectivity index is 1.79. The van der Waals surface area contributed by atoms with Crippen molar-refractivity contribution in [3.05, 3.63) is 41.5 Å². The lowest BCUT2D eigenvalue weighted by molar-refractivity contribution is -0.117. The number of halogens is 2. The van der Waals surface area contributed by atoms with Crippen molar-refractivity contribution in [3.8, 4) is 16.9 Å². The molecule has 1 fully saturated rings. The number of hydrogen-bond donors (Lipinski definition) is 1. The van der Waals surface area contributed by atoms with E-state index in [0.29, 0.717) is 42.3 Å². The lowest BCUT2D eigenvalue weighted by atomic mass is 9.96. The average Bonchev–Trinajstić information content (AvgIpc) is 3.38. The van der Waals surface area contributed by atoms with Crippen LogP contribution in [0.4, 0.5) is 20.2 Å². The Morgan fingerprint density at radius 1 is 1.33 bits per heavy atom. The van der Waals surface area contributed by atoms with E-state index in [9.17, 15) is 13.6 Å². The number of epoxide rings is 1. The van der Waals surface area contributed by atoms with Gasteiger partial charge in [-0.25, -0.2) is 8.78 Å². The van der Waals surface area contributed by atoms with E-state index in [1.165, 1.54) is 12.1 Å². The van der Waals surface area contributed by atoms with Crippen molar-refractivity contribution in [2.75, 3.05) is 18.5 Å². The monoisotopic (exact) mass is 372 g/mol. The van der Waals surface area contributed by atoms with Crippen LogP contribution in [0.3, 0.4) is 0 Å². The molecule has 0 spiro atoms. The molecule has 140 valence electrons. The Labute approximate surface area is 155 Å². The van der Waals surface area contributed by atoms with E-state index in [1.807, 2.05) is 0 Å². The van der Waals surface area contributed by atoms with Crippen molar-refractivity contribution in [1.29, 1.82) is 0 Å². The number of ether oxygens (including phenoxy) is 2. The number of alkyl halides is 2. The lowest BCUT2D eigenvalue weighted by Gasteiger charge is -2.16. The molecular weight excluding hydrogens is 354 g/mol. The molecule has 2 aliphatic rings. The second-order valence-corrected chi connectivity index (χ2v) is 6.66. The summed E-state index contributed by atoms with van der Waals surface area (Å²) in [5.41, 5.74) is 3.29. The van der Waals surface area contributed by atoms with E-state index < -0.39 is 12.0 Å². The van der Waals surface area contributed by atoms with Gasteiger partial charge in [-0.05, 0) is 18.3 Å². The summed E-state index contributed by atoms with van der Waals surface area (Å²) >= 11 is 0. The van der Waals surface area contributed by atoms with Crippen LogP contribution in [0, 0.1) is 0 Å². The Bertz CT molecular complexity index is 916. The molecule has 4 rings (SSSR count). The van der Waals surface area contributed by atoms with Crippen LogP contribution in [0.2, 0.25) is 0 Å². The van der Waals surface area contributed by atoms with Crippen molar-refractivity contribution in [1.82, 2.24) is 0 Å². The van der Waals surface area contributed by atoms with Crippen LogP contribution in [-0.2, 0) is 21.9 Å². The standard InChI is InChI=1S/C20H18F2N2O3/c1-20(21,22)12-5-3-11(4-6-12)14-9-15(24-19(25)16-10-27-16)17(23-2)13-7-8-26-18(13)14/h3-6,9,16H,2,7-8,10H2,1H3,(H,24,25)/t16-/m0/s1. The Kier molecular flexibility index (Phi) is 4.19. The Hall–Kier alpha value is -2.80. The quantitative estimate of drug-likeness (QED) is 0.636. The summed E-state index contributed by atoms with van der Waals surface area (Å²) < 4.78 is 37.8. The van der Waals surface area contributed by atoms with Gasteiger partial charge in [0.05, 0.1) is 24.6 Å². The minimum Gasteiger partial charge on any atom is -0.492 e. The lowest BCUT2D eigenvalue weighted by Crippen LogP contribution is -2.18. The summed E-state index contributed by atoms with van der Waals surface area (Å²) in [5.74, 6) is -2.50. The molecule has 1 saturated heterocycles. The summed E-state index contributed by atoms with van der Waals surface area (Å²) in [6.45, 7) is 5.35. The number of hydrogen-bond acceptors (Lipinski definition) is 4. The van der Waals surface area contributed by atoms with E-state index >= 15 is 0 Å². The van der Waals surface area contributed by atoms with E-state index in [2.05, 4.69) is 17.0 Å². The molecule has 0 unspecified atom stereocenters. The first-order valence-electron chi connectivity index (χ1n) is 8.59. The fourth-order valence-electron chi connectivity index (χ4n) is 3.21. The first kappa shape index (κ1) is 17.6. The number of carbonyl (C=O) groups excluding carboxylic acids is 1. The fraction of sp³-hybridized carbons (Fsp3) is 0.300. The number of aliphatic imine (C=N–C) groups is 1. The maximum Gasteiger partial charge on any atom is 0.270 e. The molecule has 2 aromatic rings. The van der Waals surface area contributed by atoms with Gasteiger partial charge in [-0.2, -0.15) is 0 Å². The summed E-state index contributed by atoms with van der Waals surface area (Å²) in [6.07, 6.45) is 0.188. The normalized spacial score (nSPS) is 17.8. The zero-order valence-corrected chi connectivity index (χ0v) is 14.7. The average molecular weight is 372 g/mol. The highest BCUT2D eigenvalue weighted by atomic mass is 19.3. The maximum absolute atomic E-state index is 13.5. The third kappa shape index (κ3) is 3.30. The molecule has 0 radical (unpaired) electrons. The van der Waals surface area contributed by atoms with Crippen molar-refractivity contribution < 1.29 is 23.0 Å². The molecule has 7 heteroatoms. The van der Waals surface area contributed by atoms with Gasteiger partial charge in [0, 0.05) is 30.0 Å². The predicted molar refractivity (Wildman–Crippen MR) is 98.2 cm³/mol. The number of nitrogens with zero attached hydrogens (tertiary/aromatic N) is 1. The minimum atomic E-state index is -2.91. The van der Waals surface area contributed by atoms with E-state index in [-0.39, 0.29) is 11.5 Å². The predicted octanol–water partition coefficient (Wildman–Crippen LogP) is 4.07. The van der Waals surface area contributed by atoms with Gasteiger partial charge < -0.3 is 14.8 Å². The van der Waals surface area contributed by atoms with Crippen LogP contribution in [0.15, 0.2) is 35.3 Å². The molecule has 2 aromatic carbocycles. The van der Waals surface area contributed by atoms with Crippen molar-refractivity contribution in [2.24, 2.45) is 4.99 Å². The molecule has 1 atom stereocenters. The number of amides is 1. The molecule has 0 aliphatic carbocycles. The SMILES string of the molecule is C=Nc1c(NC(=O)[C@@H]2CO2)cc(-c2ccc(C(C)(F)F)cc2)c2c1CCO2. The van der Waals surface area contributed by atoms with Gasteiger partial charge in [0.15, 0.2) is 6.10 Å². The molecule has 2 aliphatic heterocycles. The largest absolute Gasteiger partial charge is 0.492 e. The van der Waals surface area contributed by atoms with E-state index in [0.717, 1.165) is 18.1 Å². The topological polar surface area (TPSA) is 63.2 Å². The molecular formula is C20H18F2N2O3. The number of anilines is 1. The van der Waals surface area contributed by atoms with Crippen LogP contribution in [-0.4, -0.2) is 31.9 Å². The van der Waals surface area contributed by atoms with Crippen molar-refractivity contribution in [2.45, 2.75) is 25.4 Å². The third-order valence-corrected chi connectivity index (χ3v) is 4.69. The van der Waals surface area contributed by atoms with E-state index in [1.54, 1.807) is 18.2 Å². The van der Waals surface area contributed by atoms with Crippen LogP contribution < -0.4 is 10.1 Å². The number of nitrogens with one attached hydrogen (secondary N) is 1. The molecule has 1 N–H and O–H groups in total. The fourth-order valence-corrected chi connectivity index (χ4v) is 3.21. The Morgan fingerprint density at radius 3 is 2.63 bits per heavy atom. The third-order valence-electron chi connectivity index (χ3n) is 4.69. The first-order valence-corrected chi connectivity index (χ1v) is 8.59. The van der Waals surface area contributed by atoms with Gasteiger partial charge in [0.2, 0.25) is 0 Å². The van der Waals surface area contributed by atoms with Crippen LogP contribution in [0.25, 0.3) is 11.1 Å². The Morgan fingerprint density at radius 2 is 2.04 bits per heavy atom. The van der Waals surface area contributed by atoms with Crippen LogP contribution in [0.1, 0.15) is 18.1 Å².